The van der Waals surface area contributed by atoms with Gasteiger partial charge in [0.25, 0.3) is 0 Å². The van der Waals surface area contributed by atoms with Gasteiger partial charge in [-0.05, 0) is 31.1 Å². The Bertz CT molecular complexity index is 289. The molecule has 16 heavy (non-hydrogen) atoms. The molecule has 0 bridgehead atoms. The van der Waals surface area contributed by atoms with E-state index in [1.54, 1.807) is 0 Å². The largest absolute Gasteiger partial charge is 0.341 e. The van der Waals surface area contributed by atoms with Crippen molar-refractivity contribution in [1.82, 2.24) is 5.09 Å². The number of aryl methyl sites for hydroxylation is 1. The molecule has 3 heteroatoms. The summed E-state index contributed by atoms with van der Waals surface area (Å²) < 4.78 is 5.48. The fourth-order valence-electron chi connectivity index (χ4n) is 1.43. The lowest BCUT2D eigenvalue weighted by molar-refractivity contribution is 0.376. The Morgan fingerprint density at radius 2 is 2.12 bits per heavy atom. The molecule has 0 aliphatic carbocycles. The van der Waals surface area contributed by atoms with Crippen LogP contribution in [0.15, 0.2) is 42.7 Å². The molecule has 0 saturated heterocycles. The van der Waals surface area contributed by atoms with Crippen molar-refractivity contribution in [1.29, 1.82) is 0 Å². The van der Waals surface area contributed by atoms with Crippen LogP contribution in [-0.4, -0.2) is 13.2 Å². The molecule has 1 rings (SSSR count). The minimum Gasteiger partial charge on any atom is -0.341 e. The normalized spacial score (nSPS) is 12.3. The van der Waals surface area contributed by atoms with Gasteiger partial charge < -0.3 is 4.52 Å². The Hall–Kier alpha value is -0.690. The number of rotatable bonds is 8. The van der Waals surface area contributed by atoms with Crippen molar-refractivity contribution in [3.63, 3.8) is 0 Å². The molecule has 0 heterocycles. The van der Waals surface area contributed by atoms with Crippen molar-refractivity contribution in [3.8, 4) is 0 Å². The van der Waals surface area contributed by atoms with E-state index in [0.29, 0.717) is 0 Å². The summed E-state index contributed by atoms with van der Waals surface area (Å²) in [4.78, 5) is 0. The third-order valence-corrected chi connectivity index (χ3v) is 3.59. The Balaban J connectivity index is 2.14. The standard InChI is InChI=1S/C13H20NOP/c1-3-15-16(4-2)14-12-8-11-13-9-6-5-7-10-13/h4-7,9-10,14H,2-3,8,11-12H2,1H3. The summed E-state index contributed by atoms with van der Waals surface area (Å²) in [6.07, 6.45) is 2.24. The molecule has 88 valence electrons. The van der Waals surface area contributed by atoms with Crippen LogP contribution in [-0.2, 0) is 10.9 Å². The topological polar surface area (TPSA) is 21.3 Å². The summed E-state index contributed by atoms with van der Waals surface area (Å²) in [5.74, 6) is 1.86. The summed E-state index contributed by atoms with van der Waals surface area (Å²) in [5.41, 5.74) is 1.39. The first kappa shape index (κ1) is 13.4. The second-order valence-electron chi connectivity index (χ2n) is 3.42. The average Bonchev–Trinajstić information content (AvgIpc) is 2.34. The van der Waals surface area contributed by atoms with Crippen molar-refractivity contribution in [2.24, 2.45) is 0 Å². The van der Waals surface area contributed by atoms with E-state index in [1.807, 2.05) is 18.8 Å². The van der Waals surface area contributed by atoms with Gasteiger partial charge in [-0.3, -0.25) is 5.09 Å². The first-order chi connectivity index (χ1) is 7.86. The van der Waals surface area contributed by atoms with Gasteiger partial charge in [0.2, 0.25) is 0 Å². The summed E-state index contributed by atoms with van der Waals surface area (Å²) in [6, 6.07) is 10.5. The van der Waals surface area contributed by atoms with Crippen molar-refractivity contribution in [3.05, 3.63) is 48.3 Å². The lowest BCUT2D eigenvalue weighted by Crippen LogP contribution is -2.10. The molecule has 0 aromatic heterocycles. The van der Waals surface area contributed by atoms with Crippen LogP contribution in [0.4, 0.5) is 0 Å². The van der Waals surface area contributed by atoms with Gasteiger partial charge >= 0.3 is 0 Å². The van der Waals surface area contributed by atoms with Gasteiger partial charge in [0.05, 0.1) is 0 Å². The van der Waals surface area contributed by atoms with Crippen LogP contribution < -0.4 is 5.09 Å². The van der Waals surface area contributed by atoms with Crippen molar-refractivity contribution in [2.75, 3.05) is 13.2 Å². The molecule has 0 fully saturated rings. The van der Waals surface area contributed by atoms with Crippen LogP contribution in [0.2, 0.25) is 0 Å². The molecule has 0 spiro atoms. The molecule has 1 N–H and O–H groups in total. The first-order valence-electron chi connectivity index (χ1n) is 5.69. The fourth-order valence-corrected chi connectivity index (χ4v) is 2.41. The van der Waals surface area contributed by atoms with E-state index in [0.717, 1.165) is 26.0 Å². The zero-order valence-corrected chi connectivity index (χ0v) is 10.7. The molecule has 0 aliphatic heterocycles. The zero-order valence-electron chi connectivity index (χ0n) is 9.86. The lowest BCUT2D eigenvalue weighted by atomic mass is 10.1. The van der Waals surface area contributed by atoms with Gasteiger partial charge in [0.15, 0.2) is 0 Å². The van der Waals surface area contributed by atoms with Gasteiger partial charge in [-0.2, -0.15) is 0 Å². The highest BCUT2D eigenvalue weighted by Crippen LogP contribution is 2.32. The molecule has 1 aromatic rings. The van der Waals surface area contributed by atoms with Gasteiger partial charge in [0.1, 0.15) is 8.30 Å². The molecule has 0 amide bonds. The van der Waals surface area contributed by atoms with Crippen molar-refractivity contribution < 1.29 is 4.52 Å². The zero-order chi connectivity index (χ0) is 11.6. The maximum absolute atomic E-state index is 5.48. The van der Waals surface area contributed by atoms with Crippen LogP contribution in [0.3, 0.4) is 0 Å². The molecule has 1 unspecified atom stereocenters. The Morgan fingerprint density at radius 1 is 1.38 bits per heavy atom. The molecule has 1 aromatic carbocycles. The molecule has 0 radical (unpaired) electrons. The Labute approximate surface area is 99.6 Å². The van der Waals surface area contributed by atoms with E-state index in [9.17, 15) is 0 Å². The number of hydrogen-bond acceptors (Lipinski definition) is 2. The number of nitrogens with one attached hydrogen (secondary N) is 1. The highest BCUT2D eigenvalue weighted by Gasteiger charge is 2.01. The first-order valence-corrected chi connectivity index (χ1v) is 7.01. The van der Waals surface area contributed by atoms with Crippen molar-refractivity contribution in [2.45, 2.75) is 19.8 Å². The van der Waals surface area contributed by atoms with Crippen molar-refractivity contribution >= 4 is 8.30 Å². The summed E-state index contributed by atoms with van der Waals surface area (Å²) in [6.45, 7) is 7.48. The van der Waals surface area contributed by atoms with Gasteiger partial charge in [-0.1, -0.05) is 36.9 Å². The van der Waals surface area contributed by atoms with Crippen LogP contribution in [0, 0.1) is 0 Å². The maximum atomic E-state index is 5.48. The summed E-state index contributed by atoms with van der Waals surface area (Å²) >= 11 is 0. The summed E-state index contributed by atoms with van der Waals surface area (Å²) in [7, 11) is -0.625. The van der Waals surface area contributed by atoms with E-state index >= 15 is 0 Å². The fraction of sp³-hybridized carbons (Fsp3) is 0.385. The van der Waals surface area contributed by atoms with E-state index in [4.69, 9.17) is 4.52 Å². The second-order valence-corrected chi connectivity index (χ2v) is 5.01. The lowest BCUT2D eigenvalue weighted by Gasteiger charge is -2.13. The average molecular weight is 237 g/mol. The minimum absolute atomic E-state index is 0.625. The molecule has 0 saturated carbocycles. The molecular formula is C13H20NOP. The van der Waals surface area contributed by atoms with Gasteiger partial charge in [0, 0.05) is 13.2 Å². The van der Waals surface area contributed by atoms with E-state index in [-0.39, 0.29) is 0 Å². The highest BCUT2D eigenvalue weighted by atomic mass is 31.2. The smallest absolute Gasteiger partial charge is 0.126 e. The molecule has 1 atom stereocenters. The molecular weight excluding hydrogens is 217 g/mol. The van der Waals surface area contributed by atoms with Gasteiger partial charge in [-0.25, -0.2) is 0 Å². The molecule has 0 aliphatic rings. The van der Waals surface area contributed by atoms with E-state index in [1.165, 1.54) is 5.56 Å². The Kier molecular flexibility index (Phi) is 7.07. The minimum atomic E-state index is -0.625. The van der Waals surface area contributed by atoms with Crippen LogP contribution >= 0.6 is 8.30 Å². The SMILES string of the molecule is C=CP(NCCCc1ccccc1)OCC. The predicted octanol–water partition coefficient (Wildman–Crippen LogP) is 3.70. The number of hydrogen-bond donors (Lipinski definition) is 1. The highest BCUT2D eigenvalue weighted by molar-refractivity contribution is 7.53. The predicted molar refractivity (Wildman–Crippen MR) is 71.5 cm³/mol. The quantitative estimate of drug-likeness (QED) is 0.550. The third kappa shape index (κ3) is 5.41. The Morgan fingerprint density at radius 3 is 2.75 bits per heavy atom. The maximum Gasteiger partial charge on any atom is 0.126 e. The van der Waals surface area contributed by atoms with E-state index in [2.05, 4.69) is 35.9 Å². The van der Waals surface area contributed by atoms with Crippen LogP contribution in [0.1, 0.15) is 18.9 Å². The molecule has 2 nitrogen and oxygen atoms in total. The van der Waals surface area contributed by atoms with Crippen LogP contribution in [0.5, 0.6) is 0 Å². The van der Waals surface area contributed by atoms with E-state index < -0.39 is 8.30 Å². The second kappa shape index (κ2) is 8.46. The number of benzene rings is 1. The summed E-state index contributed by atoms with van der Waals surface area (Å²) in [5, 5.41) is 3.37. The monoisotopic (exact) mass is 237 g/mol. The third-order valence-electron chi connectivity index (χ3n) is 2.19. The van der Waals surface area contributed by atoms with Gasteiger partial charge in [-0.15, -0.1) is 0 Å². The van der Waals surface area contributed by atoms with Crippen LogP contribution in [0.25, 0.3) is 0 Å².